The molecule has 6 nitrogen and oxygen atoms in total. The number of carbonyl (C=O) groups is 1. The van der Waals surface area contributed by atoms with E-state index in [1.165, 1.54) is 32.4 Å². The number of amides is 1. The van der Waals surface area contributed by atoms with Crippen LogP contribution in [0.2, 0.25) is 0 Å². The second kappa shape index (κ2) is 7.23. The van der Waals surface area contributed by atoms with Crippen molar-refractivity contribution in [3.8, 4) is 0 Å². The Morgan fingerprint density at radius 3 is 3.16 bits per heavy atom. The molecule has 0 radical (unpaired) electrons. The molecule has 1 aliphatic rings. The Morgan fingerprint density at radius 1 is 1.53 bits per heavy atom. The monoisotopic (exact) mass is 265 g/mol. The van der Waals surface area contributed by atoms with E-state index in [2.05, 4.69) is 27.5 Å². The minimum absolute atomic E-state index is 0.0121. The van der Waals surface area contributed by atoms with Crippen LogP contribution in [0.25, 0.3) is 0 Å². The standard InChI is InChI=1S/C13H23N5O/c1-2-6-17-7-3-4-12(10-17)9-14-13(19)11-18-8-5-15-16-18/h5,8,12H,2-4,6-7,9-11H2,1H3,(H,14,19)/t12-/m1/s1. The summed E-state index contributed by atoms with van der Waals surface area (Å²) < 4.78 is 1.54. The van der Waals surface area contributed by atoms with Gasteiger partial charge >= 0.3 is 0 Å². The number of hydrogen-bond acceptors (Lipinski definition) is 4. The summed E-state index contributed by atoms with van der Waals surface area (Å²) in [6.07, 6.45) is 6.93. The molecule has 1 fully saturated rings. The highest BCUT2D eigenvalue weighted by molar-refractivity contribution is 5.75. The molecule has 1 aliphatic heterocycles. The van der Waals surface area contributed by atoms with Crippen LogP contribution in [0, 0.1) is 5.92 Å². The van der Waals surface area contributed by atoms with Crippen LogP contribution in [0.4, 0.5) is 0 Å². The maximum atomic E-state index is 11.7. The van der Waals surface area contributed by atoms with Crippen molar-refractivity contribution in [3.05, 3.63) is 12.4 Å². The fourth-order valence-electron chi connectivity index (χ4n) is 2.62. The van der Waals surface area contributed by atoms with Gasteiger partial charge in [-0.25, -0.2) is 4.68 Å². The molecule has 2 heterocycles. The van der Waals surface area contributed by atoms with Crippen LogP contribution in [0.5, 0.6) is 0 Å². The maximum absolute atomic E-state index is 11.7. The number of nitrogens with zero attached hydrogens (tertiary/aromatic N) is 4. The molecular weight excluding hydrogens is 242 g/mol. The molecule has 0 aromatic carbocycles. The van der Waals surface area contributed by atoms with Gasteiger partial charge in [0, 0.05) is 19.3 Å². The van der Waals surface area contributed by atoms with E-state index in [4.69, 9.17) is 0 Å². The Kier molecular flexibility index (Phi) is 5.32. The third-order valence-electron chi connectivity index (χ3n) is 3.51. The van der Waals surface area contributed by atoms with Crippen molar-refractivity contribution >= 4 is 5.91 Å². The first-order valence-electron chi connectivity index (χ1n) is 7.11. The molecule has 19 heavy (non-hydrogen) atoms. The largest absolute Gasteiger partial charge is 0.354 e. The van der Waals surface area contributed by atoms with Gasteiger partial charge in [0.15, 0.2) is 0 Å². The van der Waals surface area contributed by atoms with Crippen molar-refractivity contribution in [2.75, 3.05) is 26.2 Å². The van der Waals surface area contributed by atoms with E-state index in [1.807, 2.05) is 0 Å². The summed E-state index contributed by atoms with van der Waals surface area (Å²) in [5, 5.41) is 10.5. The van der Waals surface area contributed by atoms with Crippen LogP contribution < -0.4 is 5.32 Å². The number of likely N-dealkylation sites (tertiary alicyclic amines) is 1. The van der Waals surface area contributed by atoms with Crippen molar-refractivity contribution < 1.29 is 4.79 Å². The predicted octanol–water partition coefficient (Wildman–Crippen LogP) is 0.516. The fourth-order valence-corrected chi connectivity index (χ4v) is 2.62. The van der Waals surface area contributed by atoms with Crippen LogP contribution in [-0.4, -0.2) is 52.0 Å². The van der Waals surface area contributed by atoms with Gasteiger partial charge in [-0.1, -0.05) is 12.1 Å². The number of carbonyl (C=O) groups excluding carboxylic acids is 1. The van der Waals surface area contributed by atoms with Crippen molar-refractivity contribution in [1.82, 2.24) is 25.2 Å². The molecule has 2 rings (SSSR count). The summed E-state index contributed by atoms with van der Waals surface area (Å²) in [4.78, 5) is 14.2. The average molecular weight is 265 g/mol. The highest BCUT2D eigenvalue weighted by atomic mass is 16.2. The van der Waals surface area contributed by atoms with Crippen LogP contribution in [0.1, 0.15) is 26.2 Å². The molecular formula is C13H23N5O. The van der Waals surface area contributed by atoms with Gasteiger partial charge in [0.2, 0.25) is 5.91 Å². The Balaban J connectivity index is 1.68. The smallest absolute Gasteiger partial charge is 0.241 e. The first-order valence-corrected chi connectivity index (χ1v) is 7.11. The molecule has 106 valence electrons. The van der Waals surface area contributed by atoms with Crippen molar-refractivity contribution in [3.63, 3.8) is 0 Å². The molecule has 1 saturated heterocycles. The highest BCUT2D eigenvalue weighted by Crippen LogP contribution is 2.15. The van der Waals surface area contributed by atoms with Crippen molar-refractivity contribution in [1.29, 1.82) is 0 Å². The Labute approximate surface area is 114 Å². The van der Waals surface area contributed by atoms with Crippen LogP contribution in [0.3, 0.4) is 0 Å². The third-order valence-corrected chi connectivity index (χ3v) is 3.51. The summed E-state index contributed by atoms with van der Waals surface area (Å²) in [6.45, 7) is 6.72. The van der Waals surface area contributed by atoms with E-state index >= 15 is 0 Å². The van der Waals surface area contributed by atoms with Gasteiger partial charge in [0.05, 0.1) is 6.20 Å². The Morgan fingerprint density at radius 2 is 2.42 bits per heavy atom. The van der Waals surface area contributed by atoms with Gasteiger partial charge in [-0.05, 0) is 38.3 Å². The van der Waals surface area contributed by atoms with Crippen LogP contribution >= 0.6 is 0 Å². The quantitative estimate of drug-likeness (QED) is 0.814. The molecule has 0 saturated carbocycles. The third kappa shape index (κ3) is 4.63. The van der Waals surface area contributed by atoms with Crippen molar-refractivity contribution in [2.24, 2.45) is 5.92 Å². The number of aromatic nitrogens is 3. The number of nitrogens with one attached hydrogen (secondary N) is 1. The van der Waals surface area contributed by atoms with Crippen LogP contribution in [0.15, 0.2) is 12.4 Å². The Bertz CT molecular complexity index is 376. The molecule has 1 atom stereocenters. The fraction of sp³-hybridized carbons (Fsp3) is 0.769. The van der Waals surface area contributed by atoms with E-state index in [9.17, 15) is 4.79 Å². The first-order chi connectivity index (χ1) is 9.28. The lowest BCUT2D eigenvalue weighted by molar-refractivity contribution is -0.122. The zero-order valence-electron chi connectivity index (χ0n) is 11.6. The summed E-state index contributed by atoms with van der Waals surface area (Å²) in [5.41, 5.74) is 0. The van der Waals surface area contributed by atoms with E-state index in [-0.39, 0.29) is 12.5 Å². The summed E-state index contributed by atoms with van der Waals surface area (Å²) in [7, 11) is 0. The molecule has 1 aromatic heterocycles. The van der Waals surface area contributed by atoms with E-state index in [0.29, 0.717) is 5.92 Å². The topological polar surface area (TPSA) is 63.1 Å². The molecule has 1 aromatic rings. The normalized spacial score (nSPS) is 20.4. The SMILES string of the molecule is CCCN1CCC[C@H](CNC(=O)Cn2ccnn2)C1. The summed E-state index contributed by atoms with van der Waals surface area (Å²) in [5.74, 6) is 0.595. The molecule has 0 aliphatic carbocycles. The van der Waals surface area contributed by atoms with Gasteiger partial charge in [-0.15, -0.1) is 5.10 Å². The zero-order chi connectivity index (χ0) is 13.5. The predicted molar refractivity (Wildman–Crippen MR) is 72.5 cm³/mol. The number of hydrogen-bond donors (Lipinski definition) is 1. The minimum Gasteiger partial charge on any atom is -0.354 e. The van der Waals surface area contributed by atoms with Crippen molar-refractivity contribution in [2.45, 2.75) is 32.7 Å². The lowest BCUT2D eigenvalue weighted by Crippen LogP contribution is -2.41. The average Bonchev–Trinajstić information content (AvgIpc) is 2.90. The minimum atomic E-state index is 0.0121. The van der Waals surface area contributed by atoms with Gasteiger partial charge in [-0.2, -0.15) is 0 Å². The lowest BCUT2D eigenvalue weighted by atomic mass is 9.98. The molecule has 0 spiro atoms. The summed E-state index contributed by atoms with van der Waals surface area (Å²) >= 11 is 0. The lowest BCUT2D eigenvalue weighted by Gasteiger charge is -2.32. The van der Waals surface area contributed by atoms with E-state index in [1.54, 1.807) is 17.1 Å². The molecule has 1 amide bonds. The van der Waals surface area contributed by atoms with E-state index in [0.717, 1.165) is 13.1 Å². The first kappa shape index (κ1) is 14.0. The van der Waals surface area contributed by atoms with Gasteiger partial charge in [0.25, 0.3) is 0 Å². The molecule has 6 heteroatoms. The molecule has 0 bridgehead atoms. The maximum Gasteiger partial charge on any atom is 0.241 e. The van der Waals surface area contributed by atoms with Gasteiger partial charge in [0.1, 0.15) is 6.54 Å². The molecule has 1 N–H and O–H groups in total. The second-order valence-corrected chi connectivity index (χ2v) is 5.21. The number of piperidine rings is 1. The second-order valence-electron chi connectivity index (χ2n) is 5.21. The van der Waals surface area contributed by atoms with Gasteiger partial charge < -0.3 is 10.2 Å². The van der Waals surface area contributed by atoms with Gasteiger partial charge in [-0.3, -0.25) is 4.79 Å². The highest BCUT2D eigenvalue weighted by Gasteiger charge is 2.19. The van der Waals surface area contributed by atoms with E-state index < -0.39 is 0 Å². The summed E-state index contributed by atoms with van der Waals surface area (Å²) in [6, 6.07) is 0. The molecule has 0 unspecified atom stereocenters. The zero-order valence-corrected chi connectivity index (χ0v) is 11.6. The number of rotatable bonds is 6. The Hall–Kier alpha value is -1.43. The van der Waals surface area contributed by atoms with Crippen LogP contribution in [-0.2, 0) is 11.3 Å².